The number of anilines is 1. The Morgan fingerprint density at radius 2 is 2.28 bits per heavy atom. The molecule has 1 aromatic heterocycles. The lowest BCUT2D eigenvalue weighted by atomic mass is 10.2. The first-order chi connectivity index (χ1) is 8.66. The van der Waals surface area contributed by atoms with Crippen molar-refractivity contribution in [1.82, 2.24) is 9.78 Å². The van der Waals surface area contributed by atoms with Gasteiger partial charge in [-0.2, -0.15) is 4.39 Å². The molecule has 0 bridgehead atoms. The highest BCUT2D eigenvalue weighted by molar-refractivity contribution is 9.10. The van der Waals surface area contributed by atoms with E-state index in [0.717, 1.165) is 23.7 Å². The van der Waals surface area contributed by atoms with Crippen LogP contribution in [0.3, 0.4) is 0 Å². The number of fused-ring (bicyclic) bond motifs is 1. The second kappa shape index (κ2) is 4.51. The van der Waals surface area contributed by atoms with E-state index < -0.39 is 5.95 Å². The molecule has 1 aromatic carbocycles. The first kappa shape index (κ1) is 11.9. The average Bonchev–Trinajstić information content (AvgIpc) is 2.69. The van der Waals surface area contributed by atoms with Crippen LogP contribution < -0.4 is 5.73 Å². The number of hydrogen-bond acceptors (Lipinski definition) is 3. The van der Waals surface area contributed by atoms with Crippen LogP contribution in [0.15, 0.2) is 16.6 Å². The highest BCUT2D eigenvalue weighted by Crippen LogP contribution is 2.32. The molecule has 18 heavy (non-hydrogen) atoms. The molecule has 3 rings (SSSR count). The second-order valence-corrected chi connectivity index (χ2v) is 5.30. The number of hydrogen-bond donors (Lipinski definition) is 1. The number of nitrogens with two attached hydrogens (primary N) is 1. The number of nitrogen functional groups attached to an aromatic ring is 1. The van der Waals surface area contributed by atoms with Gasteiger partial charge in [-0.05, 0) is 47.3 Å². The lowest BCUT2D eigenvalue weighted by Crippen LogP contribution is -2.19. The summed E-state index contributed by atoms with van der Waals surface area (Å²) in [6.07, 6.45) is 2.80. The molecule has 2 heterocycles. The lowest BCUT2D eigenvalue weighted by molar-refractivity contribution is -0.0375. The first-order valence-electron chi connectivity index (χ1n) is 5.91. The van der Waals surface area contributed by atoms with Gasteiger partial charge in [-0.25, -0.2) is 4.68 Å². The van der Waals surface area contributed by atoms with Crippen LogP contribution in [0.4, 0.5) is 10.1 Å². The van der Waals surface area contributed by atoms with Gasteiger partial charge in [-0.1, -0.05) is 0 Å². The maximum absolute atomic E-state index is 13.8. The maximum atomic E-state index is 13.8. The number of aromatic nitrogens is 2. The minimum absolute atomic E-state index is 0.179. The predicted molar refractivity (Wildman–Crippen MR) is 70.6 cm³/mol. The number of benzene rings is 1. The quantitative estimate of drug-likeness (QED) is 0.822. The fourth-order valence-electron chi connectivity index (χ4n) is 2.27. The van der Waals surface area contributed by atoms with Crippen LogP contribution in [0.25, 0.3) is 10.9 Å². The van der Waals surface area contributed by atoms with Crippen LogP contribution in [0, 0.1) is 5.95 Å². The van der Waals surface area contributed by atoms with E-state index in [1.165, 1.54) is 0 Å². The van der Waals surface area contributed by atoms with Crippen molar-refractivity contribution in [1.29, 1.82) is 0 Å². The summed E-state index contributed by atoms with van der Waals surface area (Å²) in [5, 5.41) is 4.38. The molecule has 4 nitrogen and oxygen atoms in total. The minimum Gasteiger partial charge on any atom is -0.398 e. The summed E-state index contributed by atoms with van der Waals surface area (Å²) in [5.74, 6) is -0.502. The number of ether oxygens (including phenoxy) is 1. The smallest absolute Gasteiger partial charge is 0.240 e. The molecule has 96 valence electrons. The molecule has 0 amide bonds. The van der Waals surface area contributed by atoms with Gasteiger partial charge in [0.15, 0.2) is 6.23 Å². The Morgan fingerprint density at radius 3 is 3.00 bits per heavy atom. The molecule has 1 atom stereocenters. The summed E-state index contributed by atoms with van der Waals surface area (Å²) in [6.45, 7) is 0.698. The molecule has 1 unspecified atom stereocenters. The first-order valence-corrected chi connectivity index (χ1v) is 6.70. The van der Waals surface area contributed by atoms with Gasteiger partial charge in [0.2, 0.25) is 5.95 Å². The topological polar surface area (TPSA) is 53.1 Å². The summed E-state index contributed by atoms with van der Waals surface area (Å²) >= 11 is 3.35. The summed E-state index contributed by atoms with van der Waals surface area (Å²) < 4.78 is 21.8. The van der Waals surface area contributed by atoms with Gasteiger partial charge in [0, 0.05) is 16.8 Å². The molecule has 6 heteroatoms. The normalized spacial score (nSPS) is 20.4. The molecule has 1 saturated heterocycles. The third kappa shape index (κ3) is 1.89. The zero-order valence-electron chi connectivity index (χ0n) is 9.70. The maximum Gasteiger partial charge on any atom is 0.240 e. The van der Waals surface area contributed by atoms with E-state index in [-0.39, 0.29) is 6.23 Å². The lowest BCUT2D eigenvalue weighted by Gasteiger charge is -2.23. The van der Waals surface area contributed by atoms with Crippen molar-refractivity contribution in [3.63, 3.8) is 0 Å². The van der Waals surface area contributed by atoms with Gasteiger partial charge in [-0.3, -0.25) is 0 Å². The zero-order valence-corrected chi connectivity index (χ0v) is 11.3. The summed E-state index contributed by atoms with van der Waals surface area (Å²) in [6, 6.07) is 3.39. The molecule has 1 aliphatic heterocycles. The molecule has 2 N–H and O–H groups in total. The molecule has 2 aromatic rings. The fourth-order valence-corrected chi connectivity index (χ4v) is 2.60. The van der Waals surface area contributed by atoms with Crippen molar-refractivity contribution in [2.45, 2.75) is 25.5 Å². The summed E-state index contributed by atoms with van der Waals surface area (Å²) in [4.78, 5) is 0. The van der Waals surface area contributed by atoms with Gasteiger partial charge in [-0.15, -0.1) is 5.10 Å². The number of nitrogens with zero attached hydrogens (tertiary/aromatic N) is 2. The van der Waals surface area contributed by atoms with E-state index >= 15 is 0 Å². The predicted octanol–water partition coefficient (Wildman–Crippen LogP) is 3.22. The summed E-state index contributed by atoms with van der Waals surface area (Å²) in [5.41, 5.74) is 6.97. The third-order valence-corrected chi connectivity index (χ3v) is 3.89. The van der Waals surface area contributed by atoms with E-state index in [9.17, 15) is 4.39 Å². The van der Waals surface area contributed by atoms with Crippen LogP contribution in [-0.2, 0) is 4.74 Å². The standard InChI is InChI=1S/C12H13BrFN3O/c13-8-6-10-7(5-9(8)15)12(14)16-17(10)11-3-1-2-4-18-11/h5-6,11H,1-4,15H2. The van der Waals surface area contributed by atoms with Crippen LogP contribution in [0.1, 0.15) is 25.5 Å². The molecule has 0 saturated carbocycles. The van der Waals surface area contributed by atoms with E-state index in [1.807, 2.05) is 0 Å². The van der Waals surface area contributed by atoms with E-state index in [1.54, 1.807) is 16.8 Å². The molecule has 1 aliphatic rings. The van der Waals surface area contributed by atoms with Crippen molar-refractivity contribution in [3.05, 3.63) is 22.6 Å². The number of halogens is 2. The molecular weight excluding hydrogens is 301 g/mol. The van der Waals surface area contributed by atoms with E-state index in [0.29, 0.717) is 23.2 Å². The molecular formula is C12H13BrFN3O. The Hall–Kier alpha value is -1.14. The largest absolute Gasteiger partial charge is 0.398 e. The van der Waals surface area contributed by atoms with E-state index in [4.69, 9.17) is 10.5 Å². The van der Waals surface area contributed by atoms with Crippen molar-refractivity contribution < 1.29 is 9.13 Å². The molecule has 1 fully saturated rings. The van der Waals surface area contributed by atoms with Crippen molar-refractivity contribution in [2.75, 3.05) is 12.3 Å². The SMILES string of the molecule is Nc1cc2c(F)nn(C3CCCCO3)c2cc1Br. The van der Waals surface area contributed by atoms with Crippen molar-refractivity contribution in [2.24, 2.45) is 0 Å². The van der Waals surface area contributed by atoms with Crippen LogP contribution >= 0.6 is 15.9 Å². The highest BCUT2D eigenvalue weighted by atomic mass is 79.9. The van der Waals surface area contributed by atoms with Gasteiger partial charge >= 0.3 is 0 Å². The molecule has 0 spiro atoms. The monoisotopic (exact) mass is 313 g/mol. The Labute approximate surface area is 112 Å². The molecule has 0 radical (unpaired) electrons. The molecule has 0 aliphatic carbocycles. The Morgan fingerprint density at radius 1 is 1.44 bits per heavy atom. The van der Waals surface area contributed by atoms with Crippen LogP contribution in [0.2, 0.25) is 0 Å². The van der Waals surface area contributed by atoms with Gasteiger partial charge in [0.25, 0.3) is 0 Å². The van der Waals surface area contributed by atoms with Crippen LogP contribution in [0.5, 0.6) is 0 Å². The van der Waals surface area contributed by atoms with Gasteiger partial charge in [0.05, 0.1) is 10.9 Å². The van der Waals surface area contributed by atoms with Crippen molar-refractivity contribution >= 4 is 32.5 Å². The third-order valence-electron chi connectivity index (χ3n) is 3.21. The van der Waals surface area contributed by atoms with E-state index in [2.05, 4.69) is 21.0 Å². The minimum atomic E-state index is -0.502. The number of rotatable bonds is 1. The van der Waals surface area contributed by atoms with Crippen LogP contribution in [-0.4, -0.2) is 16.4 Å². The Bertz CT molecular complexity index is 593. The Balaban J connectivity index is 2.14. The van der Waals surface area contributed by atoms with Gasteiger partial charge < -0.3 is 10.5 Å². The average molecular weight is 314 g/mol. The van der Waals surface area contributed by atoms with Crippen molar-refractivity contribution in [3.8, 4) is 0 Å². The van der Waals surface area contributed by atoms with Gasteiger partial charge in [0.1, 0.15) is 0 Å². The highest BCUT2D eigenvalue weighted by Gasteiger charge is 2.21. The summed E-state index contributed by atoms with van der Waals surface area (Å²) in [7, 11) is 0. The fraction of sp³-hybridized carbons (Fsp3) is 0.417. The Kier molecular flexibility index (Phi) is 2.99. The second-order valence-electron chi connectivity index (χ2n) is 4.45. The zero-order chi connectivity index (χ0) is 12.7.